The lowest BCUT2D eigenvalue weighted by atomic mass is 10.7. The summed E-state index contributed by atoms with van der Waals surface area (Å²) in [6.45, 7) is 0. The fourth-order valence-electron chi connectivity index (χ4n) is 1.00. The number of anilines is 1. The van der Waals surface area contributed by atoms with Gasteiger partial charge < -0.3 is 4.74 Å². The van der Waals surface area contributed by atoms with Crippen molar-refractivity contribution < 1.29 is 13.2 Å². The van der Waals surface area contributed by atoms with Crippen LogP contribution < -0.4 is 9.46 Å². The molecule has 0 aliphatic carbocycles. The molecule has 2 rings (SSSR count). The molecule has 0 unspecified atom stereocenters. The Kier molecular flexibility index (Phi) is 3.22. The van der Waals surface area contributed by atoms with Gasteiger partial charge in [-0.2, -0.15) is 4.98 Å². The van der Waals surface area contributed by atoms with Crippen LogP contribution in [0.5, 0.6) is 6.01 Å². The molecule has 0 atom stereocenters. The highest BCUT2D eigenvalue weighted by atomic mass is 35.5. The van der Waals surface area contributed by atoms with Crippen LogP contribution in [0.3, 0.4) is 0 Å². The SMILES string of the molecule is COc1n[nH]c(NS(=O)(=O)c2ccc(Cl)s2)n1. The highest BCUT2D eigenvalue weighted by Gasteiger charge is 2.18. The molecule has 0 spiro atoms. The molecule has 0 aliphatic rings. The Balaban J connectivity index is 2.23. The first-order valence-corrected chi connectivity index (χ1v) is 6.93. The molecule has 0 aromatic carbocycles. The number of thiophene rings is 1. The number of halogens is 1. The average Bonchev–Trinajstić information content (AvgIpc) is 2.86. The zero-order chi connectivity index (χ0) is 12.5. The van der Waals surface area contributed by atoms with Crippen LogP contribution in [0.25, 0.3) is 0 Å². The number of aromatic nitrogens is 3. The number of nitrogens with one attached hydrogen (secondary N) is 2. The van der Waals surface area contributed by atoms with Crippen molar-refractivity contribution in [2.75, 3.05) is 11.8 Å². The van der Waals surface area contributed by atoms with E-state index in [9.17, 15) is 8.42 Å². The van der Waals surface area contributed by atoms with Crippen LogP contribution in [0.15, 0.2) is 16.3 Å². The lowest BCUT2D eigenvalue weighted by Gasteiger charge is -2.00. The summed E-state index contributed by atoms with van der Waals surface area (Å²) in [6, 6.07) is 2.96. The Morgan fingerprint density at radius 3 is 2.82 bits per heavy atom. The maximum absolute atomic E-state index is 11.8. The van der Waals surface area contributed by atoms with Gasteiger partial charge in [0.05, 0.1) is 11.4 Å². The van der Waals surface area contributed by atoms with Crippen LogP contribution in [-0.4, -0.2) is 30.7 Å². The predicted octanol–water partition coefficient (Wildman–Crippen LogP) is 1.33. The minimum atomic E-state index is -3.69. The van der Waals surface area contributed by atoms with Crippen LogP contribution in [-0.2, 0) is 10.0 Å². The Labute approximate surface area is 106 Å². The molecule has 92 valence electrons. The number of nitrogens with zero attached hydrogens (tertiary/aromatic N) is 2. The summed E-state index contributed by atoms with van der Waals surface area (Å²) in [4.78, 5) is 3.74. The molecule has 7 nitrogen and oxygen atoms in total. The number of hydrogen-bond donors (Lipinski definition) is 2. The molecule has 2 aromatic heterocycles. The second-order valence-electron chi connectivity index (χ2n) is 2.83. The molecule has 2 N–H and O–H groups in total. The van der Waals surface area contributed by atoms with E-state index in [-0.39, 0.29) is 16.2 Å². The van der Waals surface area contributed by atoms with Gasteiger partial charge in [0.15, 0.2) is 0 Å². The van der Waals surface area contributed by atoms with E-state index in [0.717, 1.165) is 11.3 Å². The Morgan fingerprint density at radius 2 is 2.29 bits per heavy atom. The third kappa shape index (κ3) is 2.68. The number of aromatic amines is 1. The fourth-order valence-corrected chi connectivity index (χ4v) is 3.44. The maximum atomic E-state index is 11.8. The van der Waals surface area contributed by atoms with Crippen molar-refractivity contribution in [3.63, 3.8) is 0 Å². The number of sulfonamides is 1. The van der Waals surface area contributed by atoms with Gasteiger partial charge in [-0.15, -0.1) is 16.4 Å². The van der Waals surface area contributed by atoms with Crippen LogP contribution in [0.2, 0.25) is 4.34 Å². The minimum absolute atomic E-state index is 0.0219. The van der Waals surface area contributed by atoms with Crippen molar-refractivity contribution in [1.82, 2.24) is 15.2 Å². The molecule has 17 heavy (non-hydrogen) atoms. The monoisotopic (exact) mass is 294 g/mol. The van der Waals surface area contributed by atoms with E-state index in [1.807, 2.05) is 0 Å². The molecular weight excluding hydrogens is 288 g/mol. The van der Waals surface area contributed by atoms with Gasteiger partial charge >= 0.3 is 6.01 Å². The Morgan fingerprint density at radius 1 is 1.53 bits per heavy atom. The molecule has 2 heterocycles. The highest BCUT2D eigenvalue weighted by molar-refractivity contribution is 7.94. The molecule has 0 radical (unpaired) electrons. The van der Waals surface area contributed by atoms with Gasteiger partial charge in [-0.05, 0) is 12.1 Å². The van der Waals surface area contributed by atoms with E-state index < -0.39 is 10.0 Å². The van der Waals surface area contributed by atoms with Crippen molar-refractivity contribution >= 4 is 38.9 Å². The summed E-state index contributed by atoms with van der Waals surface area (Å²) in [5, 5.41) is 5.99. The fraction of sp³-hybridized carbons (Fsp3) is 0.143. The minimum Gasteiger partial charge on any atom is -0.466 e. The van der Waals surface area contributed by atoms with Gasteiger partial charge in [-0.25, -0.2) is 18.2 Å². The maximum Gasteiger partial charge on any atom is 0.336 e. The summed E-state index contributed by atoms with van der Waals surface area (Å²) in [5.41, 5.74) is 0. The van der Waals surface area contributed by atoms with Crippen LogP contribution >= 0.6 is 22.9 Å². The summed E-state index contributed by atoms with van der Waals surface area (Å²) >= 11 is 6.61. The van der Waals surface area contributed by atoms with E-state index in [2.05, 4.69) is 19.9 Å². The molecule has 0 amide bonds. The summed E-state index contributed by atoms with van der Waals surface area (Å²) in [6.07, 6.45) is 0. The number of H-pyrrole nitrogens is 1. The van der Waals surface area contributed by atoms with E-state index in [4.69, 9.17) is 16.3 Å². The van der Waals surface area contributed by atoms with Crippen LogP contribution in [0.4, 0.5) is 5.95 Å². The number of methoxy groups -OCH3 is 1. The smallest absolute Gasteiger partial charge is 0.336 e. The quantitative estimate of drug-likeness (QED) is 0.886. The van der Waals surface area contributed by atoms with Crippen molar-refractivity contribution in [2.24, 2.45) is 0 Å². The number of ether oxygens (including phenoxy) is 1. The number of rotatable bonds is 4. The lowest BCUT2D eigenvalue weighted by molar-refractivity contribution is 0.382. The second kappa shape index (κ2) is 4.51. The first kappa shape index (κ1) is 12.1. The Hall–Kier alpha value is -1.32. The zero-order valence-corrected chi connectivity index (χ0v) is 10.9. The van der Waals surface area contributed by atoms with Crippen LogP contribution in [0, 0.1) is 0 Å². The normalized spacial score (nSPS) is 11.4. The average molecular weight is 295 g/mol. The van der Waals surface area contributed by atoms with Crippen molar-refractivity contribution in [1.29, 1.82) is 0 Å². The summed E-state index contributed by atoms with van der Waals surface area (Å²) in [5.74, 6) is -0.0219. The first-order valence-electron chi connectivity index (χ1n) is 4.26. The molecular formula is C7H7ClN4O3S2. The first-order chi connectivity index (χ1) is 8.01. The molecule has 0 aliphatic heterocycles. The number of hydrogen-bond acceptors (Lipinski definition) is 6. The lowest BCUT2D eigenvalue weighted by Crippen LogP contribution is -2.12. The van der Waals surface area contributed by atoms with E-state index in [1.54, 1.807) is 0 Å². The summed E-state index contributed by atoms with van der Waals surface area (Å²) < 4.78 is 31.1. The van der Waals surface area contributed by atoms with E-state index in [1.165, 1.54) is 19.2 Å². The van der Waals surface area contributed by atoms with Gasteiger partial charge in [0.2, 0.25) is 5.95 Å². The van der Waals surface area contributed by atoms with E-state index >= 15 is 0 Å². The van der Waals surface area contributed by atoms with Gasteiger partial charge in [-0.3, -0.25) is 0 Å². The molecule has 10 heteroatoms. The predicted molar refractivity (Wildman–Crippen MR) is 63.1 cm³/mol. The topological polar surface area (TPSA) is 97.0 Å². The van der Waals surface area contributed by atoms with Crippen molar-refractivity contribution in [3.8, 4) is 6.01 Å². The van der Waals surface area contributed by atoms with E-state index in [0.29, 0.717) is 4.34 Å². The third-order valence-corrected chi connectivity index (χ3v) is 4.75. The molecule has 0 fully saturated rings. The molecule has 0 bridgehead atoms. The van der Waals surface area contributed by atoms with Gasteiger partial charge in [0.25, 0.3) is 10.0 Å². The standard InChI is InChI=1S/C7H7ClN4O3S2/c1-15-7-9-6(10-11-7)12-17(13,14)5-3-2-4(8)16-5/h2-3H,1H3,(H2,9,10,11,12). The van der Waals surface area contributed by atoms with Gasteiger partial charge in [0.1, 0.15) is 4.21 Å². The highest BCUT2D eigenvalue weighted by Crippen LogP contribution is 2.26. The molecule has 2 aromatic rings. The largest absolute Gasteiger partial charge is 0.466 e. The molecule has 0 saturated heterocycles. The zero-order valence-electron chi connectivity index (χ0n) is 8.47. The summed E-state index contributed by atoms with van der Waals surface area (Å²) in [7, 11) is -2.32. The Bertz CT molecular complexity index is 621. The second-order valence-corrected chi connectivity index (χ2v) is 6.46. The van der Waals surface area contributed by atoms with Gasteiger partial charge in [-0.1, -0.05) is 11.6 Å². The van der Waals surface area contributed by atoms with Crippen molar-refractivity contribution in [3.05, 3.63) is 16.5 Å². The van der Waals surface area contributed by atoms with Gasteiger partial charge in [0, 0.05) is 0 Å². The third-order valence-electron chi connectivity index (χ3n) is 1.69. The molecule has 0 saturated carbocycles. The van der Waals surface area contributed by atoms with Crippen LogP contribution in [0.1, 0.15) is 0 Å². The van der Waals surface area contributed by atoms with Crippen molar-refractivity contribution in [2.45, 2.75) is 4.21 Å².